The third-order valence-corrected chi connectivity index (χ3v) is 3.01. The van der Waals surface area contributed by atoms with Crippen molar-refractivity contribution in [1.29, 1.82) is 0 Å². The summed E-state index contributed by atoms with van der Waals surface area (Å²) in [6.07, 6.45) is 3.19. The van der Waals surface area contributed by atoms with Gasteiger partial charge in [0.25, 0.3) is 5.91 Å². The van der Waals surface area contributed by atoms with Gasteiger partial charge in [-0.2, -0.15) is 0 Å². The maximum Gasteiger partial charge on any atom is 0.326 e. The zero-order valence-electron chi connectivity index (χ0n) is 11.7. The van der Waals surface area contributed by atoms with Gasteiger partial charge in [0.05, 0.1) is 18.1 Å². The van der Waals surface area contributed by atoms with E-state index in [1.165, 1.54) is 10.9 Å². The lowest BCUT2D eigenvalue weighted by Crippen LogP contribution is -2.44. The van der Waals surface area contributed by atoms with Crippen LogP contribution in [0.1, 0.15) is 24.2 Å². The third kappa shape index (κ3) is 3.44. The highest BCUT2D eigenvalue weighted by Gasteiger charge is 2.24. The molecule has 0 radical (unpaired) electrons. The number of amides is 1. The van der Waals surface area contributed by atoms with Crippen molar-refractivity contribution in [3.63, 3.8) is 0 Å². The molecular formula is C14H16N4O3. The Kier molecular flexibility index (Phi) is 4.32. The highest BCUT2D eigenvalue weighted by Crippen LogP contribution is 2.10. The number of carboxylic acid groups (broad SMARTS) is 1. The van der Waals surface area contributed by atoms with Crippen LogP contribution in [0.15, 0.2) is 36.7 Å². The lowest BCUT2D eigenvalue weighted by atomic mass is 10.0. The van der Waals surface area contributed by atoms with Gasteiger partial charge < -0.3 is 10.4 Å². The van der Waals surface area contributed by atoms with Crippen molar-refractivity contribution in [2.45, 2.75) is 19.9 Å². The van der Waals surface area contributed by atoms with Crippen LogP contribution in [0.5, 0.6) is 0 Å². The molecule has 0 saturated heterocycles. The number of hydrogen-bond donors (Lipinski definition) is 2. The van der Waals surface area contributed by atoms with Crippen LogP contribution in [-0.4, -0.2) is 38.0 Å². The lowest BCUT2D eigenvalue weighted by Gasteiger charge is -2.18. The Morgan fingerprint density at radius 3 is 2.67 bits per heavy atom. The molecule has 0 aliphatic carbocycles. The van der Waals surface area contributed by atoms with Crippen LogP contribution in [0.4, 0.5) is 0 Å². The van der Waals surface area contributed by atoms with E-state index in [0.717, 1.165) is 0 Å². The van der Waals surface area contributed by atoms with Crippen LogP contribution in [0.25, 0.3) is 5.69 Å². The average Bonchev–Trinajstić information content (AvgIpc) is 2.98. The minimum Gasteiger partial charge on any atom is -0.480 e. The Balaban J connectivity index is 2.20. The summed E-state index contributed by atoms with van der Waals surface area (Å²) in [7, 11) is 0. The van der Waals surface area contributed by atoms with Crippen molar-refractivity contribution < 1.29 is 14.7 Å². The number of carbonyl (C=O) groups excluding carboxylic acids is 1. The smallest absolute Gasteiger partial charge is 0.326 e. The van der Waals surface area contributed by atoms with E-state index >= 15 is 0 Å². The van der Waals surface area contributed by atoms with E-state index in [0.29, 0.717) is 11.3 Å². The number of benzene rings is 1. The van der Waals surface area contributed by atoms with E-state index in [4.69, 9.17) is 5.11 Å². The van der Waals surface area contributed by atoms with E-state index in [1.807, 2.05) is 0 Å². The topological polar surface area (TPSA) is 97.1 Å². The van der Waals surface area contributed by atoms with Crippen molar-refractivity contribution >= 4 is 11.9 Å². The van der Waals surface area contributed by atoms with Crippen molar-refractivity contribution in [3.05, 3.63) is 42.2 Å². The molecule has 1 heterocycles. The molecule has 1 atom stereocenters. The summed E-state index contributed by atoms with van der Waals surface area (Å²) in [5.74, 6) is -1.69. The van der Waals surface area contributed by atoms with Crippen LogP contribution in [-0.2, 0) is 4.79 Å². The Morgan fingerprint density at radius 1 is 1.33 bits per heavy atom. The number of rotatable bonds is 5. The van der Waals surface area contributed by atoms with Gasteiger partial charge >= 0.3 is 5.97 Å². The molecular weight excluding hydrogens is 272 g/mol. The molecule has 0 fully saturated rings. The molecule has 0 aliphatic rings. The summed E-state index contributed by atoms with van der Waals surface area (Å²) in [6.45, 7) is 3.48. The number of nitrogens with zero attached hydrogens (tertiary/aromatic N) is 3. The largest absolute Gasteiger partial charge is 0.480 e. The predicted octanol–water partition coefficient (Wildman–Crippen LogP) is 1.11. The van der Waals surface area contributed by atoms with Gasteiger partial charge in [-0.15, -0.1) is 5.10 Å². The van der Waals surface area contributed by atoms with Gasteiger partial charge in [0.1, 0.15) is 6.04 Å². The first-order valence-electron chi connectivity index (χ1n) is 6.49. The number of carbonyl (C=O) groups is 2. The molecule has 21 heavy (non-hydrogen) atoms. The Morgan fingerprint density at radius 2 is 2.10 bits per heavy atom. The van der Waals surface area contributed by atoms with Crippen molar-refractivity contribution in [2.24, 2.45) is 5.92 Å². The van der Waals surface area contributed by atoms with Crippen LogP contribution in [0.3, 0.4) is 0 Å². The Labute approximate surface area is 121 Å². The molecule has 0 bridgehead atoms. The third-order valence-electron chi connectivity index (χ3n) is 3.01. The summed E-state index contributed by atoms with van der Waals surface area (Å²) in [5, 5.41) is 19.2. The first-order chi connectivity index (χ1) is 9.99. The lowest BCUT2D eigenvalue weighted by molar-refractivity contribution is -0.140. The molecule has 1 aromatic carbocycles. The average molecular weight is 288 g/mol. The van der Waals surface area contributed by atoms with Crippen LogP contribution in [0.2, 0.25) is 0 Å². The van der Waals surface area contributed by atoms with Gasteiger partial charge in [-0.1, -0.05) is 25.1 Å². The molecule has 1 amide bonds. The molecule has 0 spiro atoms. The first kappa shape index (κ1) is 14.7. The summed E-state index contributed by atoms with van der Waals surface area (Å²) < 4.78 is 1.52. The first-order valence-corrected chi connectivity index (χ1v) is 6.49. The molecule has 2 N–H and O–H groups in total. The van der Waals surface area contributed by atoms with Crippen LogP contribution in [0, 0.1) is 5.92 Å². The number of carboxylic acids is 1. The van der Waals surface area contributed by atoms with Crippen molar-refractivity contribution in [2.75, 3.05) is 0 Å². The molecule has 0 aliphatic heterocycles. The minimum atomic E-state index is -1.05. The normalized spacial score (nSPS) is 12.1. The van der Waals surface area contributed by atoms with E-state index in [-0.39, 0.29) is 5.92 Å². The van der Waals surface area contributed by atoms with Crippen LogP contribution < -0.4 is 5.32 Å². The van der Waals surface area contributed by atoms with Gasteiger partial charge in [0, 0.05) is 5.56 Å². The highest BCUT2D eigenvalue weighted by atomic mass is 16.4. The fourth-order valence-electron chi connectivity index (χ4n) is 1.87. The summed E-state index contributed by atoms with van der Waals surface area (Å²) in [6, 6.07) is 5.81. The molecule has 7 nitrogen and oxygen atoms in total. The quantitative estimate of drug-likeness (QED) is 0.859. The monoisotopic (exact) mass is 288 g/mol. The second kappa shape index (κ2) is 6.17. The van der Waals surface area contributed by atoms with E-state index < -0.39 is 17.9 Å². The maximum absolute atomic E-state index is 12.2. The van der Waals surface area contributed by atoms with Gasteiger partial charge in [-0.3, -0.25) is 4.79 Å². The van der Waals surface area contributed by atoms with Gasteiger partial charge in [0.2, 0.25) is 0 Å². The number of aromatic nitrogens is 3. The Hall–Kier alpha value is -2.70. The fraction of sp³-hybridized carbons (Fsp3) is 0.286. The molecule has 110 valence electrons. The van der Waals surface area contributed by atoms with Crippen molar-refractivity contribution in [3.8, 4) is 5.69 Å². The molecule has 0 saturated carbocycles. The second-order valence-electron chi connectivity index (χ2n) is 4.93. The van der Waals surface area contributed by atoms with Gasteiger partial charge in [-0.05, 0) is 24.1 Å². The highest BCUT2D eigenvalue weighted by molar-refractivity contribution is 5.97. The van der Waals surface area contributed by atoms with E-state index in [1.54, 1.807) is 44.3 Å². The van der Waals surface area contributed by atoms with E-state index in [2.05, 4.69) is 15.6 Å². The van der Waals surface area contributed by atoms with Crippen molar-refractivity contribution in [1.82, 2.24) is 20.3 Å². The minimum absolute atomic E-state index is 0.204. The maximum atomic E-state index is 12.2. The SMILES string of the molecule is CC(C)[C@@H](NC(=O)c1cccc(-n2ccnn2)c1)C(=O)O. The standard InChI is InChI=1S/C14H16N4O3/c1-9(2)12(14(20)21)16-13(19)10-4-3-5-11(8-10)18-7-6-15-17-18/h3-9,12H,1-2H3,(H,16,19)(H,20,21)/t12-/m1/s1. The summed E-state index contributed by atoms with van der Waals surface area (Å²) in [5.41, 5.74) is 1.05. The zero-order valence-corrected chi connectivity index (χ0v) is 11.7. The fourth-order valence-corrected chi connectivity index (χ4v) is 1.87. The van der Waals surface area contributed by atoms with Gasteiger partial charge in [0.15, 0.2) is 0 Å². The second-order valence-corrected chi connectivity index (χ2v) is 4.93. The van der Waals surface area contributed by atoms with Gasteiger partial charge in [-0.25, -0.2) is 9.48 Å². The van der Waals surface area contributed by atoms with E-state index in [9.17, 15) is 9.59 Å². The molecule has 1 aromatic heterocycles. The molecule has 2 aromatic rings. The molecule has 2 rings (SSSR count). The Bertz CT molecular complexity index is 637. The predicted molar refractivity (Wildman–Crippen MR) is 75.1 cm³/mol. The number of aliphatic carboxylic acids is 1. The number of nitrogens with one attached hydrogen (secondary N) is 1. The summed E-state index contributed by atoms with van der Waals surface area (Å²) in [4.78, 5) is 23.3. The number of hydrogen-bond acceptors (Lipinski definition) is 4. The summed E-state index contributed by atoms with van der Waals surface area (Å²) >= 11 is 0. The molecule has 7 heteroatoms. The van der Waals surface area contributed by atoms with Crippen LogP contribution >= 0.6 is 0 Å². The molecule has 0 unspecified atom stereocenters. The zero-order chi connectivity index (χ0) is 15.4.